The lowest BCUT2D eigenvalue weighted by Gasteiger charge is -2.27. The number of carbonyl (C=O) groups excluding carboxylic acids is 2. The number of hydrogen-bond donors (Lipinski definition) is 3. The van der Waals surface area contributed by atoms with Crippen LogP contribution in [0.5, 0.6) is 0 Å². The standard InChI is InChI=1S/C24H28N2O5/c1-14(2)20(21(27)26-24(3,4)22(28)29)25-23(30)31-13-19-17-11-7-5-9-15(17)16-10-6-8-12-18(16)19/h5-12,14,19-20H,13H2,1-4H3,(H,25,30)(H,26,27)(H,28,29)/t20-/m0/s1. The van der Waals surface area contributed by atoms with E-state index in [2.05, 4.69) is 22.8 Å². The van der Waals surface area contributed by atoms with Crippen molar-refractivity contribution in [3.8, 4) is 11.1 Å². The van der Waals surface area contributed by atoms with Gasteiger partial charge in [0.15, 0.2) is 0 Å². The minimum absolute atomic E-state index is 0.0876. The molecule has 0 unspecified atom stereocenters. The maximum absolute atomic E-state index is 12.6. The molecule has 164 valence electrons. The van der Waals surface area contributed by atoms with Crippen molar-refractivity contribution in [2.75, 3.05) is 6.61 Å². The highest BCUT2D eigenvalue weighted by molar-refractivity contribution is 5.91. The average Bonchev–Trinajstić information content (AvgIpc) is 3.03. The fraction of sp³-hybridized carbons (Fsp3) is 0.375. The zero-order valence-electron chi connectivity index (χ0n) is 18.1. The number of ether oxygens (including phenoxy) is 1. The van der Waals surface area contributed by atoms with Gasteiger partial charge in [-0.3, -0.25) is 4.79 Å². The summed E-state index contributed by atoms with van der Waals surface area (Å²) in [4.78, 5) is 36.4. The van der Waals surface area contributed by atoms with Crippen molar-refractivity contribution < 1.29 is 24.2 Å². The topological polar surface area (TPSA) is 105 Å². The van der Waals surface area contributed by atoms with Crippen LogP contribution in [-0.4, -0.2) is 41.3 Å². The normalized spacial score (nSPS) is 13.8. The first-order chi connectivity index (χ1) is 14.6. The fourth-order valence-electron chi connectivity index (χ4n) is 3.74. The summed E-state index contributed by atoms with van der Waals surface area (Å²) in [7, 11) is 0. The van der Waals surface area contributed by atoms with E-state index in [4.69, 9.17) is 4.74 Å². The van der Waals surface area contributed by atoms with E-state index in [1.54, 1.807) is 13.8 Å². The van der Waals surface area contributed by atoms with Crippen molar-refractivity contribution in [1.82, 2.24) is 10.6 Å². The second kappa shape index (κ2) is 8.79. The van der Waals surface area contributed by atoms with E-state index in [9.17, 15) is 19.5 Å². The molecule has 7 nitrogen and oxygen atoms in total. The number of aliphatic carboxylic acids is 1. The molecule has 2 aromatic rings. The van der Waals surface area contributed by atoms with Crippen LogP contribution in [-0.2, 0) is 14.3 Å². The van der Waals surface area contributed by atoms with Crippen molar-refractivity contribution in [3.63, 3.8) is 0 Å². The average molecular weight is 424 g/mol. The zero-order valence-corrected chi connectivity index (χ0v) is 18.1. The monoisotopic (exact) mass is 424 g/mol. The molecule has 0 saturated carbocycles. The summed E-state index contributed by atoms with van der Waals surface area (Å²) in [6.07, 6.45) is -0.719. The highest BCUT2D eigenvalue weighted by Crippen LogP contribution is 2.44. The third-order valence-corrected chi connectivity index (χ3v) is 5.54. The van der Waals surface area contributed by atoms with Gasteiger partial charge in [-0.05, 0) is 42.0 Å². The largest absolute Gasteiger partial charge is 0.480 e. The number of carboxylic acids is 1. The summed E-state index contributed by atoms with van der Waals surface area (Å²) in [5, 5.41) is 14.3. The van der Waals surface area contributed by atoms with Crippen LogP contribution >= 0.6 is 0 Å². The summed E-state index contributed by atoms with van der Waals surface area (Å²) < 4.78 is 5.50. The molecule has 3 N–H and O–H groups in total. The predicted octanol–water partition coefficient (Wildman–Crippen LogP) is 3.53. The van der Waals surface area contributed by atoms with E-state index >= 15 is 0 Å². The Balaban J connectivity index is 1.68. The quantitative estimate of drug-likeness (QED) is 0.631. The zero-order chi connectivity index (χ0) is 22.8. The molecule has 1 aliphatic rings. The smallest absolute Gasteiger partial charge is 0.407 e. The maximum atomic E-state index is 12.6. The fourth-order valence-corrected chi connectivity index (χ4v) is 3.74. The van der Waals surface area contributed by atoms with Crippen molar-refractivity contribution >= 4 is 18.0 Å². The lowest BCUT2D eigenvalue weighted by atomic mass is 9.98. The number of amides is 2. The van der Waals surface area contributed by atoms with Gasteiger partial charge in [-0.15, -0.1) is 0 Å². The molecule has 2 aromatic carbocycles. The van der Waals surface area contributed by atoms with Gasteiger partial charge in [0.2, 0.25) is 5.91 Å². The highest BCUT2D eigenvalue weighted by atomic mass is 16.5. The first kappa shape index (κ1) is 22.3. The van der Waals surface area contributed by atoms with E-state index in [1.807, 2.05) is 36.4 Å². The molecule has 0 saturated heterocycles. The molecule has 31 heavy (non-hydrogen) atoms. The van der Waals surface area contributed by atoms with Crippen molar-refractivity contribution in [2.24, 2.45) is 5.92 Å². The van der Waals surface area contributed by atoms with E-state index < -0.39 is 29.6 Å². The number of benzene rings is 2. The van der Waals surface area contributed by atoms with Gasteiger partial charge < -0.3 is 20.5 Å². The minimum atomic E-state index is -1.45. The van der Waals surface area contributed by atoms with Crippen LogP contribution in [0.2, 0.25) is 0 Å². The second-order valence-electron chi connectivity index (χ2n) is 8.61. The number of hydrogen-bond acceptors (Lipinski definition) is 4. The Morgan fingerprint density at radius 3 is 2.00 bits per heavy atom. The van der Waals surface area contributed by atoms with Gasteiger partial charge in [-0.25, -0.2) is 9.59 Å². The van der Waals surface area contributed by atoms with Crippen LogP contribution < -0.4 is 10.6 Å². The van der Waals surface area contributed by atoms with Gasteiger partial charge in [-0.2, -0.15) is 0 Å². The van der Waals surface area contributed by atoms with Crippen molar-refractivity contribution in [3.05, 3.63) is 59.7 Å². The molecule has 0 spiro atoms. The molecule has 1 aliphatic carbocycles. The van der Waals surface area contributed by atoms with E-state index in [0.717, 1.165) is 22.3 Å². The minimum Gasteiger partial charge on any atom is -0.480 e. The van der Waals surface area contributed by atoms with Gasteiger partial charge in [0.25, 0.3) is 0 Å². The molecule has 7 heteroatoms. The van der Waals surface area contributed by atoms with Gasteiger partial charge in [-0.1, -0.05) is 62.4 Å². The predicted molar refractivity (Wildman–Crippen MR) is 117 cm³/mol. The Bertz CT molecular complexity index is 953. The van der Waals surface area contributed by atoms with Gasteiger partial charge in [0.1, 0.15) is 18.2 Å². The van der Waals surface area contributed by atoms with Crippen LogP contribution in [0, 0.1) is 5.92 Å². The lowest BCUT2D eigenvalue weighted by Crippen LogP contribution is -2.57. The van der Waals surface area contributed by atoms with Crippen LogP contribution in [0.3, 0.4) is 0 Å². The third-order valence-electron chi connectivity index (χ3n) is 5.54. The summed E-state index contributed by atoms with van der Waals surface area (Å²) in [5.41, 5.74) is 2.99. The van der Waals surface area contributed by atoms with Gasteiger partial charge in [0.05, 0.1) is 0 Å². The summed E-state index contributed by atoms with van der Waals surface area (Å²) in [6.45, 7) is 6.44. The van der Waals surface area contributed by atoms with Crippen LogP contribution in [0.4, 0.5) is 4.79 Å². The summed E-state index contributed by atoms with van der Waals surface area (Å²) in [6, 6.07) is 15.1. The number of alkyl carbamates (subject to hydrolysis) is 1. The number of nitrogens with one attached hydrogen (secondary N) is 2. The molecular weight excluding hydrogens is 396 g/mol. The lowest BCUT2D eigenvalue weighted by molar-refractivity contribution is -0.146. The van der Waals surface area contributed by atoms with E-state index in [1.165, 1.54) is 13.8 Å². The number of fused-ring (bicyclic) bond motifs is 3. The molecule has 0 radical (unpaired) electrons. The van der Waals surface area contributed by atoms with Crippen LogP contribution in [0.15, 0.2) is 48.5 Å². The van der Waals surface area contributed by atoms with Crippen LogP contribution in [0.25, 0.3) is 11.1 Å². The Morgan fingerprint density at radius 1 is 1.00 bits per heavy atom. The number of carbonyl (C=O) groups is 3. The molecule has 0 aromatic heterocycles. The molecule has 2 amide bonds. The Hall–Kier alpha value is -3.35. The van der Waals surface area contributed by atoms with Gasteiger partial charge >= 0.3 is 12.1 Å². The molecule has 3 rings (SSSR count). The van der Waals surface area contributed by atoms with E-state index in [-0.39, 0.29) is 18.4 Å². The molecule has 0 fully saturated rings. The first-order valence-corrected chi connectivity index (χ1v) is 10.3. The maximum Gasteiger partial charge on any atom is 0.407 e. The number of rotatable bonds is 7. The Labute approximate surface area is 181 Å². The Morgan fingerprint density at radius 2 is 1.52 bits per heavy atom. The number of carboxylic acid groups (broad SMARTS) is 1. The summed E-state index contributed by atoms with van der Waals surface area (Å²) >= 11 is 0. The molecule has 0 heterocycles. The highest BCUT2D eigenvalue weighted by Gasteiger charge is 2.34. The third kappa shape index (κ3) is 4.71. The molecule has 0 bridgehead atoms. The van der Waals surface area contributed by atoms with Crippen molar-refractivity contribution in [2.45, 2.75) is 45.2 Å². The van der Waals surface area contributed by atoms with Gasteiger partial charge in [0, 0.05) is 5.92 Å². The van der Waals surface area contributed by atoms with E-state index in [0.29, 0.717) is 0 Å². The first-order valence-electron chi connectivity index (χ1n) is 10.3. The Kier molecular flexibility index (Phi) is 6.34. The van der Waals surface area contributed by atoms with Crippen LogP contribution in [0.1, 0.15) is 44.7 Å². The molecule has 1 atom stereocenters. The summed E-state index contributed by atoms with van der Waals surface area (Å²) in [5.74, 6) is -2.08. The molecule has 0 aliphatic heterocycles. The molecular formula is C24H28N2O5. The van der Waals surface area contributed by atoms with Crippen molar-refractivity contribution in [1.29, 1.82) is 0 Å². The SMILES string of the molecule is CC(C)[C@H](NC(=O)OCC1c2ccccc2-c2ccccc21)C(=O)NC(C)(C)C(=O)O. The second-order valence-corrected chi connectivity index (χ2v) is 8.61.